The maximum atomic E-state index is 12.6. The maximum absolute atomic E-state index is 12.6. The summed E-state index contributed by atoms with van der Waals surface area (Å²) in [5.41, 5.74) is 1.53. The van der Waals surface area contributed by atoms with E-state index in [2.05, 4.69) is 14.7 Å². The summed E-state index contributed by atoms with van der Waals surface area (Å²) in [6.07, 6.45) is 1.46. The fourth-order valence-electron chi connectivity index (χ4n) is 2.20. The summed E-state index contributed by atoms with van der Waals surface area (Å²) in [5.74, 6) is 0.107. The maximum Gasteiger partial charge on any atom is 0.264 e. The molecule has 8 heteroatoms. The van der Waals surface area contributed by atoms with Crippen LogP contribution in [0.15, 0.2) is 65.7 Å². The lowest BCUT2D eigenvalue weighted by Crippen LogP contribution is -2.16. The van der Waals surface area contributed by atoms with Crippen molar-refractivity contribution in [2.75, 3.05) is 4.72 Å². The molecule has 2 aromatic carbocycles. The Labute approximate surface area is 156 Å². The number of aryl methyl sites for hydroxylation is 1. The minimum absolute atomic E-state index is 0.00597. The van der Waals surface area contributed by atoms with Crippen LogP contribution in [0.1, 0.15) is 11.3 Å². The molecule has 0 aliphatic heterocycles. The molecule has 0 saturated carbocycles. The number of nitrogens with one attached hydrogen (secondary N) is 1. The number of hydrogen-bond donors (Lipinski definition) is 1. The van der Waals surface area contributed by atoms with Gasteiger partial charge in [-0.1, -0.05) is 54.1 Å². The van der Waals surface area contributed by atoms with Gasteiger partial charge in [-0.2, -0.15) is 0 Å². The number of rotatable bonds is 6. The normalized spacial score (nSPS) is 11.2. The zero-order valence-electron chi connectivity index (χ0n) is 13.9. The van der Waals surface area contributed by atoms with Crippen LogP contribution in [0.3, 0.4) is 0 Å². The van der Waals surface area contributed by atoms with E-state index in [9.17, 15) is 8.42 Å². The third-order valence-corrected chi connectivity index (χ3v) is 5.28. The molecule has 0 amide bonds. The van der Waals surface area contributed by atoms with Crippen molar-refractivity contribution in [2.45, 2.75) is 18.4 Å². The predicted molar refractivity (Wildman–Crippen MR) is 99.8 cm³/mol. The van der Waals surface area contributed by atoms with E-state index < -0.39 is 10.0 Å². The smallest absolute Gasteiger partial charge is 0.264 e. The first-order chi connectivity index (χ1) is 12.5. The fourth-order valence-corrected chi connectivity index (χ4v) is 3.72. The summed E-state index contributed by atoms with van der Waals surface area (Å²) in [5, 5.41) is 0.117. The molecule has 0 aliphatic rings. The highest BCUT2D eigenvalue weighted by Gasteiger charge is 2.21. The lowest BCUT2D eigenvalue weighted by Gasteiger charge is -2.13. The van der Waals surface area contributed by atoms with Crippen LogP contribution >= 0.6 is 11.6 Å². The van der Waals surface area contributed by atoms with Crippen molar-refractivity contribution in [3.63, 3.8) is 0 Å². The lowest BCUT2D eigenvalue weighted by molar-refractivity contribution is 0.294. The van der Waals surface area contributed by atoms with Crippen molar-refractivity contribution in [1.82, 2.24) is 9.97 Å². The number of halogens is 1. The largest absolute Gasteiger partial charge is 0.470 e. The van der Waals surface area contributed by atoms with Gasteiger partial charge in [-0.25, -0.2) is 18.4 Å². The summed E-state index contributed by atoms with van der Waals surface area (Å²) >= 11 is 5.99. The number of nitrogens with zero attached hydrogens (tertiary/aromatic N) is 2. The molecule has 1 heterocycles. The van der Waals surface area contributed by atoms with Crippen LogP contribution in [-0.2, 0) is 16.6 Å². The molecule has 3 rings (SSSR count). The summed E-state index contributed by atoms with van der Waals surface area (Å²) < 4.78 is 33.3. The number of benzene rings is 2. The SMILES string of the molecule is Cc1cnc(NS(=O)(=O)c2ccccc2Cl)c(OCc2ccccc2)n1. The Hall–Kier alpha value is -2.64. The number of aromatic nitrogens is 2. The Morgan fingerprint density at radius 1 is 1.08 bits per heavy atom. The average Bonchev–Trinajstić information content (AvgIpc) is 2.63. The van der Waals surface area contributed by atoms with E-state index in [-0.39, 0.29) is 28.2 Å². The fraction of sp³-hybridized carbons (Fsp3) is 0.111. The van der Waals surface area contributed by atoms with E-state index in [1.54, 1.807) is 19.1 Å². The number of sulfonamides is 1. The van der Waals surface area contributed by atoms with E-state index in [0.29, 0.717) is 5.69 Å². The molecule has 6 nitrogen and oxygen atoms in total. The summed E-state index contributed by atoms with van der Waals surface area (Å²) in [4.78, 5) is 8.31. The first-order valence-electron chi connectivity index (χ1n) is 7.73. The quantitative estimate of drug-likeness (QED) is 0.693. The van der Waals surface area contributed by atoms with Crippen molar-refractivity contribution >= 4 is 27.4 Å². The van der Waals surface area contributed by atoms with Crippen molar-refractivity contribution < 1.29 is 13.2 Å². The van der Waals surface area contributed by atoms with Gasteiger partial charge in [0.2, 0.25) is 5.82 Å². The van der Waals surface area contributed by atoms with Crippen LogP contribution in [-0.4, -0.2) is 18.4 Å². The van der Waals surface area contributed by atoms with Gasteiger partial charge in [-0.3, -0.25) is 4.72 Å². The summed E-state index contributed by atoms with van der Waals surface area (Å²) in [6.45, 7) is 1.98. The van der Waals surface area contributed by atoms with Crippen molar-refractivity contribution in [1.29, 1.82) is 0 Å². The molecule has 1 aromatic heterocycles. The first-order valence-corrected chi connectivity index (χ1v) is 9.59. The highest BCUT2D eigenvalue weighted by molar-refractivity contribution is 7.92. The molecule has 1 N–H and O–H groups in total. The third kappa shape index (κ3) is 4.30. The minimum atomic E-state index is -3.93. The first kappa shape index (κ1) is 18.2. The average molecular weight is 390 g/mol. The number of anilines is 1. The van der Waals surface area contributed by atoms with Crippen LogP contribution in [0.2, 0.25) is 5.02 Å². The van der Waals surface area contributed by atoms with E-state index in [0.717, 1.165) is 5.56 Å². The molecule has 0 saturated heterocycles. The monoisotopic (exact) mass is 389 g/mol. The second-order valence-electron chi connectivity index (χ2n) is 5.48. The van der Waals surface area contributed by atoms with Gasteiger partial charge in [-0.15, -0.1) is 0 Å². The van der Waals surface area contributed by atoms with E-state index in [4.69, 9.17) is 16.3 Å². The van der Waals surface area contributed by atoms with Crippen LogP contribution in [0.25, 0.3) is 0 Å². The number of ether oxygens (including phenoxy) is 1. The highest BCUT2D eigenvalue weighted by Crippen LogP contribution is 2.26. The Kier molecular flexibility index (Phi) is 5.39. The molecule has 0 unspecified atom stereocenters. The van der Waals surface area contributed by atoms with Gasteiger partial charge in [0, 0.05) is 0 Å². The molecule has 134 valence electrons. The molecular formula is C18H16ClN3O3S. The zero-order valence-corrected chi connectivity index (χ0v) is 15.5. The van der Waals surface area contributed by atoms with Gasteiger partial charge in [-0.05, 0) is 24.6 Å². The van der Waals surface area contributed by atoms with Crippen molar-refractivity contribution in [3.8, 4) is 5.88 Å². The minimum Gasteiger partial charge on any atom is -0.470 e. The van der Waals surface area contributed by atoms with Crippen molar-refractivity contribution in [2.24, 2.45) is 0 Å². The van der Waals surface area contributed by atoms with E-state index in [1.165, 1.54) is 18.3 Å². The molecule has 0 radical (unpaired) electrons. The van der Waals surface area contributed by atoms with Crippen LogP contribution in [0.4, 0.5) is 5.82 Å². The standard InChI is InChI=1S/C18H16ClN3O3S/c1-13-11-20-17(18(21-13)25-12-14-7-3-2-4-8-14)22-26(23,24)16-10-6-5-9-15(16)19/h2-11H,12H2,1H3,(H,20,22). The molecule has 0 spiro atoms. The van der Waals surface area contributed by atoms with Gasteiger partial charge in [0.05, 0.1) is 16.9 Å². The second-order valence-corrected chi connectivity index (χ2v) is 7.53. The molecule has 0 fully saturated rings. The van der Waals surface area contributed by atoms with Crippen molar-refractivity contribution in [3.05, 3.63) is 77.1 Å². The lowest BCUT2D eigenvalue weighted by atomic mass is 10.2. The Balaban J connectivity index is 1.87. The highest BCUT2D eigenvalue weighted by atomic mass is 35.5. The van der Waals surface area contributed by atoms with E-state index >= 15 is 0 Å². The van der Waals surface area contributed by atoms with Gasteiger partial charge < -0.3 is 4.74 Å². The molecule has 0 aliphatic carbocycles. The van der Waals surface area contributed by atoms with E-state index in [1.807, 2.05) is 30.3 Å². The summed E-state index contributed by atoms with van der Waals surface area (Å²) in [6, 6.07) is 15.6. The predicted octanol–water partition coefficient (Wildman–Crippen LogP) is 3.82. The molecular weight excluding hydrogens is 374 g/mol. The number of hydrogen-bond acceptors (Lipinski definition) is 5. The van der Waals surface area contributed by atoms with Crippen LogP contribution < -0.4 is 9.46 Å². The van der Waals surface area contributed by atoms with Crippen LogP contribution in [0.5, 0.6) is 5.88 Å². The van der Waals surface area contributed by atoms with Gasteiger partial charge in [0.15, 0.2) is 0 Å². The molecule has 3 aromatic rings. The second kappa shape index (κ2) is 7.72. The van der Waals surface area contributed by atoms with Crippen LogP contribution in [0, 0.1) is 6.92 Å². The Morgan fingerprint density at radius 3 is 2.50 bits per heavy atom. The molecule has 0 atom stereocenters. The molecule has 0 bridgehead atoms. The zero-order chi connectivity index (χ0) is 18.6. The third-order valence-electron chi connectivity index (χ3n) is 3.44. The van der Waals surface area contributed by atoms with Gasteiger partial charge in [0.1, 0.15) is 11.5 Å². The van der Waals surface area contributed by atoms with Gasteiger partial charge in [0.25, 0.3) is 15.9 Å². The summed E-state index contributed by atoms with van der Waals surface area (Å²) in [7, 11) is -3.93. The molecule has 26 heavy (non-hydrogen) atoms. The Morgan fingerprint density at radius 2 is 1.77 bits per heavy atom. The topological polar surface area (TPSA) is 81.2 Å². The Bertz CT molecular complexity index is 1010. The van der Waals surface area contributed by atoms with Gasteiger partial charge >= 0.3 is 0 Å².